The van der Waals surface area contributed by atoms with E-state index in [-0.39, 0.29) is 25.2 Å². The van der Waals surface area contributed by atoms with Crippen LogP contribution in [0, 0.1) is 0 Å². The average Bonchev–Trinajstić information content (AvgIpc) is 3.10. The third-order valence-corrected chi connectivity index (χ3v) is 5.38. The highest BCUT2D eigenvalue weighted by Crippen LogP contribution is 2.29. The molecule has 0 amide bonds. The number of carbonyl (C=O) groups is 1. The van der Waals surface area contributed by atoms with Crippen LogP contribution in [-0.4, -0.2) is 49.2 Å². The summed E-state index contributed by atoms with van der Waals surface area (Å²) in [7, 11) is 0. The second-order valence-electron chi connectivity index (χ2n) is 7.37. The van der Waals surface area contributed by atoms with Crippen LogP contribution in [-0.2, 0) is 19.0 Å². The maximum Gasteiger partial charge on any atom is 0.389 e. The lowest BCUT2D eigenvalue weighted by Crippen LogP contribution is -2.44. The molecule has 27 heavy (non-hydrogen) atoms. The molecule has 9 heteroatoms. The number of carbonyl (C=O) groups excluding carboxylic acids is 1. The number of alkyl halides is 3. The number of rotatable bonds is 7. The van der Waals surface area contributed by atoms with Crippen LogP contribution in [0.2, 0.25) is 0 Å². The first-order valence-corrected chi connectivity index (χ1v) is 10.1. The molecule has 1 N–H and O–H groups in total. The van der Waals surface area contributed by atoms with Crippen molar-refractivity contribution in [3.63, 3.8) is 0 Å². The molecule has 0 bridgehead atoms. The third-order valence-electron chi connectivity index (χ3n) is 5.11. The number of hydrogen-bond donors (Lipinski definition) is 1. The van der Waals surface area contributed by atoms with Gasteiger partial charge >= 0.3 is 12.1 Å². The Kier molecular flexibility index (Phi) is 9.11. The lowest BCUT2D eigenvalue weighted by molar-refractivity contribution is -0.174. The minimum atomic E-state index is -4.21. The van der Waals surface area contributed by atoms with Gasteiger partial charge in [-0.2, -0.15) is 13.2 Å². The van der Waals surface area contributed by atoms with Crippen LogP contribution >= 0.6 is 11.8 Å². The Balaban J connectivity index is 2.03. The summed E-state index contributed by atoms with van der Waals surface area (Å²) in [4.78, 5) is 14.6. The third kappa shape index (κ3) is 7.75. The summed E-state index contributed by atoms with van der Waals surface area (Å²) in [5.74, 6) is -0.483. The van der Waals surface area contributed by atoms with Gasteiger partial charge in [0.05, 0.1) is 12.2 Å². The number of cyclic esters (lactones) is 1. The van der Waals surface area contributed by atoms with Crippen molar-refractivity contribution >= 4 is 17.7 Å². The van der Waals surface area contributed by atoms with E-state index in [2.05, 4.69) is 4.84 Å². The first kappa shape index (κ1) is 22.7. The predicted octanol–water partition coefficient (Wildman–Crippen LogP) is 4.27. The Hall–Kier alpha value is -0.570. The van der Waals surface area contributed by atoms with E-state index in [1.165, 1.54) is 0 Å². The zero-order valence-corrected chi connectivity index (χ0v) is 16.4. The second kappa shape index (κ2) is 10.8. The first-order valence-electron chi connectivity index (χ1n) is 9.70. The minimum Gasteiger partial charge on any atom is -0.459 e. The largest absolute Gasteiger partial charge is 0.459 e. The fraction of sp³-hybridized carbons (Fsp3) is 0.944. The molecule has 158 valence electrons. The molecular weight excluding hydrogens is 387 g/mol. The van der Waals surface area contributed by atoms with Crippen molar-refractivity contribution in [1.29, 1.82) is 0 Å². The van der Waals surface area contributed by atoms with E-state index in [1.807, 2.05) is 0 Å². The molecular formula is C18H29ClF3NO4. The predicted molar refractivity (Wildman–Crippen MR) is 94.3 cm³/mol. The zero-order valence-electron chi connectivity index (χ0n) is 15.6. The van der Waals surface area contributed by atoms with Gasteiger partial charge in [0, 0.05) is 13.0 Å². The van der Waals surface area contributed by atoms with E-state index in [4.69, 9.17) is 26.0 Å². The standard InChI is InChI=1S/C18H29ClF3NO4/c1-12-16(25-11-5-10-18(20,21)22)15(27-13-6-2-3-7-13)9-4-8-14(23-19)17(24)26-12/h12-16,23H,2-11H2,1H3/t12-,14-,15-,16-/m0/s1. The van der Waals surface area contributed by atoms with Gasteiger partial charge < -0.3 is 14.2 Å². The molecule has 0 unspecified atom stereocenters. The normalized spacial score (nSPS) is 31.2. The minimum absolute atomic E-state index is 0.0617. The van der Waals surface area contributed by atoms with Crippen molar-refractivity contribution in [3.8, 4) is 0 Å². The van der Waals surface area contributed by atoms with Crippen LogP contribution in [0.5, 0.6) is 0 Å². The van der Waals surface area contributed by atoms with Gasteiger partial charge in [0.15, 0.2) is 0 Å². The van der Waals surface area contributed by atoms with Crippen LogP contribution in [0.4, 0.5) is 13.2 Å². The summed E-state index contributed by atoms with van der Waals surface area (Å²) < 4.78 is 54.6. The van der Waals surface area contributed by atoms with E-state index in [9.17, 15) is 18.0 Å². The van der Waals surface area contributed by atoms with E-state index in [1.54, 1.807) is 6.92 Å². The number of nitrogens with one attached hydrogen (secondary N) is 1. The molecule has 0 spiro atoms. The van der Waals surface area contributed by atoms with Crippen molar-refractivity contribution < 1.29 is 32.2 Å². The Morgan fingerprint density at radius 3 is 2.52 bits per heavy atom. The molecule has 0 radical (unpaired) electrons. The summed E-state index contributed by atoms with van der Waals surface area (Å²) in [5.41, 5.74) is 0. The lowest BCUT2D eigenvalue weighted by atomic mass is 10.0. The van der Waals surface area contributed by atoms with Gasteiger partial charge in [0.1, 0.15) is 18.2 Å². The number of esters is 1. The van der Waals surface area contributed by atoms with Crippen molar-refractivity contribution in [2.75, 3.05) is 6.61 Å². The molecule has 0 aromatic carbocycles. The molecule has 1 saturated heterocycles. The van der Waals surface area contributed by atoms with Gasteiger partial charge in [-0.3, -0.25) is 4.79 Å². The topological polar surface area (TPSA) is 56.8 Å². The average molecular weight is 416 g/mol. The first-order chi connectivity index (χ1) is 12.8. The molecule has 1 saturated carbocycles. The van der Waals surface area contributed by atoms with Crippen LogP contribution < -0.4 is 4.84 Å². The van der Waals surface area contributed by atoms with Crippen LogP contribution in [0.15, 0.2) is 0 Å². The summed E-state index contributed by atoms with van der Waals surface area (Å²) in [6, 6.07) is -0.620. The van der Waals surface area contributed by atoms with Crippen LogP contribution in [0.3, 0.4) is 0 Å². The molecule has 5 nitrogen and oxygen atoms in total. The van der Waals surface area contributed by atoms with E-state index in [0.29, 0.717) is 19.3 Å². The number of ether oxygens (including phenoxy) is 3. The Morgan fingerprint density at radius 2 is 1.89 bits per heavy atom. The van der Waals surface area contributed by atoms with Crippen molar-refractivity contribution in [2.45, 2.75) is 101 Å². The number of halogens is 4. The highest BCUT2D eigenvalue weighted by molar-refractivity contribution is 6.14. The Bertz CT molecular complexity index is 460. The summed E-state index contributed by atoms with van der Waals surface area (Å²) in [5, 5.41) is 0. The van der Waals surface area contributed by atoms with Gasteiger partial charge in [-0.25, -0.2) is 4.84 Å². The van der Waals surface area contributed by atoms with Gasteiger partial charge in [-0.15, -0.1) is 0 Å². The van der Waals surface area contributed by atoms with E-state index in [0.717, 1.165) is 25.7 Å². The maximum atomic E-state index is 12.4. The fourth-order valence-electron chi connectivity index (χ4n) is 3.69. The quantitative estimate of drug-likeness (QED) is 0.382. The molecule has 1 heterocycles. The van der Waals surface area contributed by atoms with Gasteiger partial charge in [0.2, 0.25) is 0 Å². The van der Waals surface area contributed by atoms with E-state index < -0.39 is 36.8 Å². The molecule has 0 aromatic rings. The monoisotopic (exact) mass is 415 g/mol. The highest BCUT2D eigenvalue weighted by Gasteiger charge is 2.36. The molecule has 2 rings (SSSR count). The van der Waals surface area contributed by atoms with Gasteiger partial charge in [-0.1, -0.05) is 12.8 Å². The van der Waals surface area contributed by atoms with Crippen LogP contribution in [0.25, 0.3) is 0 Å². The van der Waals surface area contributed by atoms with E-state index >= 15 is 0 Å². The Morgan fingerprint density at radius 1 is 1.19 bits per heavy atom. The molecule has 1 aliphatic carbocycles. The van der Waals surface area contributed by atoms with Crippen molar-refractivity contribution in [1.82, 2.24) is 4.84 Å². The van der Waals surface area contributed by atoms with Gasteiger partial charge in [0.25, 0.3) is 0 Å². The summed E-state index contributed by atoms with van der Waals surface area (Å²) >= 11 is 5.64. The highest BCUT2D eigenvalue weighted by atomic mass is 35.5. The van der Waals surface area contributed by atoms with Crippen molar-refractivity contribution in [2.24, 2.45) is 0 Å². The van der Waals surface area contributed by atoms with Gasteiger partial charge in [-0.05, 0) is 57.2 Å². The second-order valence-corrected chi connectivity index (χ2v) is 7.59. The smallest absolute Gasteiger partial charge is 0.389 e. The zero-order chi connectivity index (χ0) is 19.9. The fourth-order valence-corrected chi connectivity index (χ4v) is 3.89. The van der Waals surface area contributed by atoms with Crippen molar-refractivity contribution in [3.05, 3.63) is 0 Å². The summed E-state index contributed by atoms with van der Waals surface area (Å²) in [6.45, 7) is 1.63. The van der Waals surface area contributed by atoms with Crippen LogP contribution in [0.1, 0.15) is 64.7 Å². The molecule has 0 aromatic heterocycles. The molecule has 1 aliphatic heterocycles. The lowest BCUT2D eigenvalue weighted by Gasteiger charge is -2.33. The number of hydrogen-bond acceptors (Lipinski definition) is 5. The molecule has 2 fully saturated rings. The molecule has 4 atom stereocenters. The Labute approximate surface area is 163 Å². The SMILES string of the molecule is C[C@@H]1OC(=O)[C@@H](NCl)CCC[C@H](OC2CCCC2)[C@H]1OCCCC(F)(F)F. The summed E-state index contributed by atoms with van der Waals surface area (Å²) in [6.07, 6.45) is -0.719. The maximum absolute atomic E-state index is 12.4. The molecule has 2 aliphatic rings.